The molecule has 1 aliphatic heterocycles. The first-order chi connectivity index (χ1) is 15.2. The van der Waals surface area contributed by atoms with Crippen LogP contribution in [0.4, 0.5) is 11.8 Å². The van der Waals surface area contributed by atoms with Crippen molar-refractivity contribution in [3.63, 3.8) is 0 Å². The van der Waals surface area contributed by atoms with Gasteiger partial charge in [-0.3, -0.25) is 4.79 Å². The van der Waals surface area contributed by atoms with Crippen molar-refractivity contribution in [2.45, 2.75) is 10.1 Å². The third-order valence-corrected chi connectivity index (χ3v) is 5.22. The number of morpholine rings is 1. The van der Waals surface area contributed by atoms with Crippen molar-refractivity contribution in [3.05, 3.63) is 36.4 Å². The summed E-state index contributed by atoms with van der Waals surface area (Å²) >= 11 is 1.17. The standard InChI is InChI=1S/C19H20N6O5S/c1-27-16-14(17(28-2)24-18(23-16)25-7-10-29-11-8-25)31-19-20-6-5-13(22-19)21-15(26)12-4-3-9-30-12/h3-6,9H,7-8,10-11H2,1-2H3,(H,20,21,22,26). The summed E-state index contributed by atoms with van der Waals surface area (Å²) in [5.41, 5.74) is 0. The van der Waals surface area contributed by atoms with Gasteiger partial charge in [0, 0.05) is 19.3 Å². The molecule has 0 spiro atoms. The van der Waals surface area contributed by atoms with Crippen LogP contribution in [0.1, 0.15) is 10.6 Å². The first-order valence-corrected chi connectivity index (χ1v) is 10.2. The number of methoxy groups -OCH3 is 2. The average Bonchev–Trinajstić information content (AvgIpc) is 3.35. The molecular formula is C19H20N6O5S. The Kier molecular flexibility index (Phi) is 6.48. The summed E-state index contributed by atoms with van der Waals surface area (Å²) < 4.78 is 21.5. The van der Waals surface area contributed by atoms with E-state index >= 15 is 0 Å². The molecule has 0 bridgehead atoms. The van der Waals surface area contributed by atoms with Gasteiger partial charge in [0.05, 0.1) is 33.7 Å². The lowest BCUT2D eigenvalue weighted by molar-refractivity contribution is 0.0996. The molecule has 162 valence electrons. The minimum Gasteiger partial charge on any atom is -0.480 e. The summed E-state index contributed by atoms with van der Waals surface area (Å²) in [6.45, 7) is 2.57. The Hall–Kier alpha value is -3.38. The Morgan fingerprint density at radius 3 is 2.52 bits per heavy atom. The Labute approximate surface area is 182 Å². The van der Waals surface area contributed by atoms with Gasteiger partial charge in [-0.05, 0) is 30.0 Å². The topological polar surface area (TPSA) is 125 Å². The molecule has 0 aromatic carbocycles. The van der Waals surface area contributed by atoms with Gasteiger partial charge in [0.15, 0.2) is 10.9 Å². The number of furan rings is 1. The number of hydrogen-bond acceptors (Lipinski definition) is 11. The molecular weight excluding hydrogens is 424 g/mol. The highest BCUT2D eigenvalue weighted by molar-refractivity contribution is 7.99. The number of amides is 1. The van der Waals surface area contributed by atoms with Gasteiger partial charge in [0.1, 0.15) is 10.7 Å². The molecule has 0 radical (unpaired) electrons. The Morgan fingerprint density at radius 1 is 1.13 bits per heavy atom. The van der Waals surface area contributed by atoms with Crippen LogP contribution in [0, 0.1) is 0 Å². The molecule has 0 aliphatic carbocycles. The zero-order valence-corrected chi connectivity index (χ0v) is 17.7. The van der Waals surface area contributed by atoms with Crippen molar-refractivity contribution < 1.29 is 23.4 Å². The van der Waals surface area contributed by atoms with Crippen molar-refractivity contribution >= 4 is 29.4 Å². The minimum absolute atomic E-state index is 0.184. The van der Waals surface area contributed by atoms with Crippen LogP contribution in [-0.2, 0) is 4.74 Å². The lowest BCUT2D eigenvalue weighted by atomic mass is 10.4. The lowest BCUT2D eigenvalue weighted by Crippen LogP contribution is -2.37. The van der Waals surface area contributed by atoms with Crippen LogP contribution in [0.2, 0.25) is 0 Å². The van der Waals surface area contributed by atoms with E-state index in [1.54, 1.807) is 18.2 Å². The number of hydrogen-bond donors (Lipinski definition) is 1. The van der Waals surface area contributed by atoms with Crippen molar-refractivity contribution in [2.24, 2.45) is 0 Å². The Morgan fingerprint density at radius 2 is 1.87 bits per heavy atom. The summed E-state index contributed by atoms with van der Waals surface area (Å²) in [6.07, 6.45) is 2.96. The number of carbonyl (C=O) groups is 1. The third kappa shape index (κ3) is 4.86. The number of nitrogens with one attached hydrogen (secondary N) is 1. The molecule has 0 saturated carbocycles. The molecule has 1 fully saturated rings. The van der Waals surface area contributed by atoms with Gasteiger partial charge < -0.3 is 28.8 Å². The quantitative estimate of drug-likeness (QED) is 0.539. The smallest absolute Gasteiger partial charge is 0.292 e. The van der Waals surface area contributed by atoms with E-state index in [1.165, 1.54) is 38.4 Å². The monoisotopic (exact) mass is 444 g/mol. The second kappa shape index (κ2) is 9.62. The van der Waals surface area contributed by atoms with Gasteiger partial charge in [-0.25, -0.2) is 9.97 Å². The van der Waals surface area contributed by atoms with Crippen LogP contribution >= 0.6 is 11.8 Å². The zero-order chi connectivity index (χ0) is 21.6. The molecule has 1 N–H and O–H groups in total. The van der Waals surface area contributed by atoms with Crippen molar-refractivity contribution in [1.29, 1.82) is 0 Å². The highest BCUT2D eigenvalue weighted by atomic mass is 32.2. The molecule has 4 heterocycles. The van der Waals surface area contributed by atoms with E-state index in [0.717, 1.165) is 0 Å². The Bertz CT molecular complexity index is 1020. The minimum atomic E-state index is -0.409. The Balaban J connectivity index is 1.57. The summed E-state index contributed by atoms with van der Waals surface area (Å²) in [5, 5.41) is 3.03. The molecule has 1 amide bonds. The van der Waals surface area contributed by atoms with E-state index in [9.17, 15) is 4.79 Å². The fourth-order valence-corrected chi connectivity index (χ4v) is 3.68. The van der Waals surface area contributed by atoms with E-state index < -0.39 is 5.91 Å². The van der Waals surface area contributed by atoms with Crippen molar-refractivity contribution in [2.75, 3.05) is 50.7 Å². The summed E-state index contributed by atoms with van der Waals surface area (Å²) in [5.74, 6) is 1.28. The van der Waals surface area contributed by atoms with Crippen molar-refractivity contribution in [3.8, 4) is 11.8 Å². The summed E-state index contributed by atoms with van der Waals surface area (Å²) in [6, 6.07) is 4.78. The van der Waals surface area contributed by atoms with Crippen molar-refractivity contribution in [1.82, 2.24) is 19.9 Å². The number of nitrogens with zero attached hydrogens (tertiary/aromatic N) is 5. The highest BCUT2D eigenvalue weighted by Crippen LogP contribution is 2.39. The molecule has 4 rings (SSSR count). The van der Waals surface area contributed by atoms with Crippen LogP contribution in [0.3, 0.4) is 0 Å². The molecule has 3 aromatic heterocycles. The van der Waals surface area contributed by atoms with Gasteiger partial charge >= 0.3 is 0 Å². The highest BCUT2D eigenvalue weighted by Gasteiger charge is 2.23. The summed E-state index contributed by atoms with van der Waals surface area (Å²) in [4.78, 5) is 32.4. The van der Waals surface area contributed by atoms with E-state index in [1.807, 2.05) is 4.90 Å². The maximum Gasteiger partial charge on any atom is 0.292 e. The third-order valence-electron chi connectivity index (χ3n) is 4.29. The molecule has 12 heteroatoms. The summed E-state index contributed by atoms with van der Waals surface area (Å²) in [7, 11) is 3.05. The molecule has 0 atom stereocenters. The molecule has 3 aromatic rings. The van der Waals surface area contributed by atoms with Crippen LogP contribution in [0.5, 0.6) is 11.8 Å². The first-order valence-electron chi connectivity index (χ1n) is 9.36. The molecule has 0 unspecified atom stereocenters. The lowest BCUT2D eigenvalue weighted by Gasteiger charge is -2.27. The van der Waals surface area contributed by atoms with Crippen LogP contribution in [0.25, 0.3) is 0 Å². The average molecular weight is 444 g/mol. The predicted molar refractivity (Wildman–Crippen MR) is 111 cm³/mol. The van der Waals surface area contributed by atoms with Crippen LogP contribution in [0.15, 0.2) is 45.1 Å². The second-order valence-electron chi connectivity index (χ2n) is 6.23. The zero-order valence-electron chi connectivity index (χ0n) is 16.9. The largest absolute Gasteiger partial charge is 0.480 e. The fourth-order valence-electron chi connectivity index (χ4n) is 2.81. The fraction of sp³-hybridized carbons (Fsp3) is 0.316. The normalized spacial score (nSPS) is 13.7. The van der Waals surface area contributed by atoms with E-state index in [4.69, 9.17) is 18.6 Å². The molecule has 11 nitrogen and oxygen atoms in total. The van der Waals surface area contributed by atoms with Crippen LogP contribution in [-0.4, -0.2) is 66.4 Å². The second-order valence-corrected chi connectivity index (χ2v) is 7.21. The molecule has 31 heavy (non-hydrogen) atoms. The van der Waals surface area contributed by atoms with Gasteiger partial charge in [-0.2, -0.15) is 9.97 Å². The molecule has 1 aliphatic rings. The van der Waals surface area contributed by atoms with E-state index in [2.05, 4.69) is 25.3 Å². The van der Waals surface area contributed by atoms with Crippen LogP contribution < -0.4 is 19.7 Å². The predicted octanol–water partition coefficient (Wildman–Crippen LogP) is 2.12. The maximum atomic E-state index is 12.2. The number of anilines is 2. The molecule has 1 saturated heterocycles. The maximum absolute atomic E-state index is 12.2. The number of aromatic nitrogens is 4. The number of rotatable bonds is 7. The number of ether oxygens (including phenoxy) is 3. The SMILES string of the molecule is COc1nc(N2CCOCC2)nc(OC)c1Sc1nccc(NC(=O)c2ccco2)n1. The van der Waals surface area contributed by atoms with Gasteiger partial charge in [-0.1, -0.05) is 0 Å². The van der Waals surface area contributed by atoms with E-state index in [-0.39, 0.29) is 5.76 Å². The van der Waals surface area contributed by atoms with Gasteiger partial charge in [0.25, 0.3) is 5.91 Å². The van der Waals surface area contributed by atoms with Gasteiger partial charge in [-0.15, -0.1) is 0 Å². The van der Waals surface area contributed by atoms with E-state index in [0.29, 0.717) is 59.9 Å². The number of carbonyl (C=O) groups excluding carboxylic acids is 1. The first kappa shape index (κ1) is 20.9. The van der Waals surface area contributed by atoms with Gasteiger partial charge in [0.2, 0.25) is 17.7 Å².